The van der Waals surface area contributed by atoms with E-state index in [1.54, 1.807) is 0 Å². The van der Waals surface area contributed by atoms with Gasteiger partial charge in [-0.15, -0.1) is 0 Å². The molecule has 1 saturated heterocycles. The number of aromatic nitrogens is 2. The largest absolute Gasteiger partial charge is 0.326 e. The van der Waals surface area contributed by atoms with E-state index in [1.165, 1.54) is 11.5 Å². The molecule has 0 atom stereocenters. The highest BCUT2D eigenvalue weighted by Gasteiger charge is 2.17. The van der Waals surface area contributed by atoms with Gasteiger partial charge < -0.3 is 11.1 Å². The van der Waals surface area contributed by atoms with Gasteiger partial charge in [0.2, 0.25) is 0 Å². The van der Waals surface area contributed by atoms with Crippen LogP contribution < -0.4 is 11.1 Å². The van der Waals surface area contributed by atoms with E-state index in [0.717, 1.165) is 29.5 Å². The van der Waals surface area contributed by atoms with E-state index in [2.05, 4.69) is 10.4 Å². The molecule has 0 spiro atoms. The van der Waals surface area contributed by atoms with Crippen molar-refractivity contribution < 1.29 is 4.79 Å². The zero-order valence-electron chi connectivity index (χ0n) is 15.7. The minimum atomic E-state index is -0.144. The summed E-state index contributed by atoms with van der Waals surface area (Å²) in [5, 5.41) is 7.45. The second-order valence-corrected chi connectivity index (χ2v) is 8.18. The third-order valence-electron chi connectivity index (χ3n) is 5.08. The van der Waals surface area contributed by atoms with Gasteiger partial charge in [-0.1, -0.05) is 36.4 Å². The number of nitrogens with one attached hydrogen (secondary N) is 1. The summed E-state index contributed by atoms with van der Waals surface area (Å²) in [5.41, 5.74) is 9.54. The topological polar surface area (TPSA) is 72.9 Å². The molecule has 2 heterocycles. The minimum Gasteiger partial charge on any atom is -0.326 e. The monoisotopic (exact) mass is 392 g/mol. The number of benzene rings is 2. The highest BCUT2D eigenvalue weighted by atomic mass is 32.2. The fourth-order valence-corrected chi connectivity index (χ4v) is 4.48. The number of thioether (sulfide) groups is 1. The minimum absolute atomic E-state index is 0.144. The van der Waals surface area contributed by atoms with E-state index in [0.29, 0.717) is 24.0 Å². The van der Waals surface area contributed by atoms with Crippen molar-refractivity contribution >= 4 is 23.5 Å². The first kappa shape index (κ1) is 18.8. The lowest BCUT2D eigenvalue weighted by atomic mass is 10.0. The first-order valence-electron chi connectivity index (χ1n) is 9.56. The fraction of sp³-hybridized carbons (Fsp3) is 0.273. The average Bonchev–Trinajstić information content (AvgIpc) is 3.23. The number of nitrogens with two attached hydrogens (primary N) is 1. The third kappa shape index (κ3) is 4.29. The van der Waals surface area contributed by atoms with Crippen LogP contribution in [0.3, 0.4) is 0 Å². The first-order chi connectivity index (χ1) is 13.7. The molecule has 0 aliphatic carbocycles. The molecule has 3 aromatic rings. The number of nitrogens with zero attached hydrogens (tertiary/aromatic N) is 2. The molecule has 0 radical (unpaired) electrons. The second-order valence-electron chi connectivity index (χ2n) is 6.96. The number of carbonyl (C=O) groups excluding carboxylic acids is 1. The molecule has 3 N–H and O–H groups in total. The number of amides is 1. The van der Waals surface area contributed by atoms with Crippen LogP contribution in [-0.2, 0) is 6.54 Å². The molecular formula is C22H24N4OS. The number of hydrogen-bond acceptors (Lipinski definition) is 4. The van der Waals surface area contributed by atoms with Crippen molar-refractivity contribution in [2.75, 3.05) is 16.8 Å². The Labute approximate surface area is 169 Å². The van der Waals surface area contributed by atoms with Crippen LogP contribution in [0, 0.1) is 0 Å². The van der Waals surface area contributed by atoms with Crippen LogP contribution in [-0.4, -0.2) is 27.2 Å². The summed E-state index contributed by atoms with van der Waals surface area (Å²) in [4.78, 5) is 12.6. The lowest BCUT2D eigenvalue weighted by Crippen LogP contribution is -2.17. The normalized spacial score (nSPS) is 14.8. The smallest absolute Gasteiger partial charge is 0.256 e. The summed E-state index contributed by atoms with van der Waals surface area (Å²) in [6.45, 7) is 0.537. The van der Waals surface area contributed by atoms with Gasteiger partial charge in [-0.2, -0.15) is 16.9 Å². The summed E-state index contributed by atoms with van der Waals surface area (Å²) in [6, 6.07) is 18.1. The number of rotatable bonds is 5. The highest BCUT2D eigenvalue weighted by molar-refractivity contribution is 7.99. The molecule has 144 valence electrons. The molecule has 5 nitrogen and oxygen atoms in total. The summed E-state index contributed by atoms with van der Waals surface area (Å²) in [5.74, 6) is 2.81. The molecule has 0 saturated carbocycles. The van der Waals surface area contributed by atoms with Gasteiger partial charge in [0.25, 0.3) is 5.91 Å². The Morgan fingerprint density at radius 1 is 1.04 bits per heavy atom. The van der Waals surface area contributed by atoms with E-state index in [-0.39, 0.29) is 5.91 Å². The molecule has 2 aromatic carbocycles. The van der Waals surface area contributed by atoms with Crippen LogP contribution >= 0.6 is 11.8 Å². The summed E-state index contributed by atoms with van der Waals surface area (Å²) < 4.78 is 1.99. The number of carbonyl (C=O) groups is 1. The molecule has 1 fully saturated rings. The lowest BCUT2D eigenvalue weighted by Gasteiger charge is -2.21. The summed E-state index contributed by atoms with van der Waals surface area (Å²) in [6.07, 6.45) is 4.23. The van der Waals surface area contributed by atoms with Crippen molar-refractivity contribution in [2.45, 2.75) is 25.4 Å². The van der Waals surface area contributed by atoms with Crippen molar-refractivity contribution in [3.8, 4) is 11.1 Å². The quantitative estimate of drug-likeness (QED) is 0.678. The molecule has 6 heteroatoms. The van der Waals surface area contributed by atoms with Crippen molar-refractivity contribution in [3.63, 3.8) is 0 Å². The molecule has 0 unspecified atom stereocenters. The Kier molecular flexibility index (Phi) is 5.78. The number of hydrogen-bond donors (Lipinski definition) is 2. The van der Waals surface area contributed by atoms with Gasteiger partial charge in [0.05, 0.1) is 6.04 Å². The zero-order valence-corrected chi connectivity index (χ0v) is 16.5. The van der Waals surface area contributed by atoms with Crippen molar-refractivity contribution in [3.05, 3.63) is 71.9 Å². The van der Waals surface area contributed by atoms with Crippen LogP contribution in [0.25, 0.3) is 11.1 Å². The molecule has 1 amide bonds. The van der Waals surface area contributed by atoms with Crippen molar-refractivity contribution in [2.24, 2.45) is 5.73 Å². The van der Waals surface area contributed by atoms with Crippen molar-refractivity contribution in [1.82, 2.24) is 9.78 Å². The van der Waals surface area contributed by atoms with E-state index in [4.69, 9.17) is 5.73 Å². The van der Waals surface area contributed by atoms with Gasteiger partial charge >= 0.3 is 0 Å². The van der Waals surface area contributed by atoms with Gasteiger partial charge in [-0.05, 0) is 53.2 Å². The Morgan fingerprint density at radius 2 is 1.68 bits per heavy atom. The van der Waals surface area contributed by atoms with Crippen LogP contribution in [0.15, 0.2) is 60.8 Å². The third-order valence-corrected chi connectivity index (χ3v) is 6.13. The molecular weight excluding hydrogens is 368 g/mol. The maximum atomic E-state index is 12.6. The van der Waals surface area contributed by atoms with Crippen molar-refractivity contribution in [1.29, 1.82) is 0 Å². The van der Waals surface area contributed by atoms with Gasteiger partial charge in [0.15, 0.2) is 5.82 Å². The van der Waals surface area contributed by atoms with E-state index >= 15 is 0 Å². The maximum absolute atomic E-state index is 12.6. The average molecular weight is 393 g/mol. The molecule has 1 aromatic heterocycles. The van der Waals surface area contributed by atoms with Gasteiger partial charge in [0.1, 0.15) is 0 Å². The Morgan fingerprint density at radius 3 is 2.32 bits per heavy atom. The predicted molar refractivity (Wildman–Crippen MR) is 116 cm³/mol. The second kappa shape index (κ2) is 8.63. The predicted octanol–water partition coefficient (Wildman–Crippen LogP) is 4.33. The fourth-order valence-electron chi connectivity index (χ4n) is 3.39. The highest BCUT2D eigenvalue weighted by Crippen LogP contribution is 2.27. The van der Waals surface area contributed by atoms with Gasteiger partial charge in [-0.25, -0.2) is 0 Å². The van der Waals surface area contributed by atoms with Gasteiger partial charge in [0, 0.05) is 24.4 Å². The summed E-state index contributed by atoms with van der Waals surface area (Å²) >= 11 is 1.99. The van der Waals surface area contributed by atoms with Crippen LogP contribution in [0.1, 0.15) is 34.8 Å². The molecule has 28 heavy (non-hydrogen) atoms. The molecule has 4 rings (SSSR count). The Hall–Kier alpha value is -2.57. The van der Waals surface area contributed by atoms with Gasteiger partial charge in [-0.3, -0.25) is 9.48 Å². The molecule has 1 aliphatic heterocycles. The van der Waals surface area contributed by atoms with Crippen LogP contribution in [0.4, 0.5) is 5.82 Å². The maximum Gasteiger partial charge on any atom is 0.256 e. The van der Waals surface area contributed by atoms with E-state index < -0.39 is 0 Å². The SMILES string of the molecule is NCc1ccc(-c2ccc(C(=O)Nc3ccn(C4CCSCC4)n3)cc2)cc1. The van der Waals surface area contributed by atoms with Crippen LogP contribution in [0.2, 0.25) is 0 Å². The first-order valence-corrected chi connectivity index (χ1v) is 10.7. The van der Waals surface area contributed by atoms with E-state index in [1.807, 2.05) is 77.2 Å². The lowest BCUT2D eigenvalue weighted by molar-refractivity contribution is 0.102. The number of anilines is 1. The molecule has 0 bridgehead atoms. The molecule has 1 aliphatic rings. The standard InChI is InChI=1S/C22H24N4OS/c23-15-16-1-3-17(4-2-16)18-5-7-19(8-6-18)22(27)24-21-9-12-26(25-21)20-10-13-28-14-11-20/h1-9,12,20H,10-11,13-15,23H2,(H,24,25,27). The van der Waals surface area contributed by atoms with E-state index in [9.17, 15) is 4.79 Å². The Balaban J connectivity index is 1.41. The summed E-state index contributed by atoms with van der Waals surface area (Å²) in [7, 11) is 0. The Bertz CT molecular complexity index is 928. The zero-order chi connectivity index (χ0) is 19.3. The van der Waals surface area contributed by atoms with Crippen LogP contribution in [0.5, 0.6) is 0 Å².